The number of rotatable bonds is 4. The second kappa shape index (κ2) is 5.50. The Balaban J connectivity index is 2.40. The molecule has 0 saturated carbocycles. The molecule has 0 spiro atoms. The highest BCUT2D eigenvalue weighted by Gasteiger charge is 2.29. The molecule has 1 fully saturated rings. The number of methoxy groups -OCH3 is 1. The van der Waals surface area contributed by atoms with Crippen LogP contribution >= 0.6 is 0 Å². The zero-order valence-corrected chi connectivity index (χ0v) is 10.3. The first-order valence-corrected chi connectivity index (χ1v) is 5.70. The number of ether oxygens (including phenoxy) is 1. The summed E-state index contributed by atoms with van der Waals surface area (Å²) in [5.41, 5.74) is -0.357. The minimum absolute atomic E-state index is 0.0225. The van der Waals surface area contributed by atoms with E-state index in [1.807, 2.05) is 13.8 Å². The SMILES string of the molecule is COC(C)(C)CNC(=O)N1CCC[C@H]1CO. The van der Waals surface area contributed by atoms with Gasteiger partial charge >= 0.3 is 6.03 Å². The van der Waals surface area contributed by atoms with Gasteiger partial charge in [-0.1, -0.05) is 0 Å². The largest absolute Gasteiger partial charge is 0.394 e. The van der Waals surface area contributed by atoms with Crippen LogP contribution in [0, 0.1) is 0 Å². The number of hydrogen-bond donors (Lipinski definition) is 2. The van der Waals surface area contributed by atoms with E-state index in [9.17, 15) is 4.79 Å². The highest BCUT2D eigenvalue weighted by atomic mass is 16.5. The van der Waals surface area contributed by atoms with Gasteiger partial charge in [-0.15, -0.1) is 0 Å². The van der Waals surface area contributed by atoms with Crippen molar-refractivity contribution in [1.82, 2.24) is 10.2 Å². The Labute approximate surface area is 96.8 Å². The number of nitrogens with one attached hydrogen (secondary N) is 1. The van der Waals surface area contributed by atoms with Crippen molar-refractivity contribution in [1.29, 1.82) is 0 Å². The maximum atomic E-state index is 11.8. The number of likely N-dealkylation sites (tertiary alicyclic amines) is 1. The number of nitrogens with zero attached hydrogens (tertiary/aromatic N) is 1. The minimum atomic E-state index is -0.357. The molecule has 0 aromatic carbocycles. The van der Waals surface area contributed by atoms with Crippen molar-refractivity contribution in [2.24, 2.45) is 0 Å². The van der Waals surface area contributed by atoms with Crippen molar-refractivity contribution in [3.05, 3.63) is 0 Å². The minimum Gasteiger partial charge on any atom is -0.394 e. The van der Waals surface area contributed by atoms with Gasteiger partial charge in [0.2, 0.25) is 0 Å². The molecule has 0 bridgehead atoms. The Kier molecular flexibility index (Phi) is 4.56. The fourth-order valence-corrected chi connectivity index (χ4v) is 1.76. The lowest BCUT2D eigenvalue weighted by atomic mass is 10.1. The molecule has 2 amide bonds. The topological polar surface area (TPSA) is 61.8 Å². The van der Waals surface area contributed by atoms with E-state index in [1.54, 1.807) is 12.0 Å². The average Bonchev–Trinajstić information content (AvgIpc) is 2.74. The summed E-state index contributed by atoms with van der Waals surface area (Å²) in [7, 11) is 1.62. The van der Waals surface area contributed by atoms with Gasteiger partial charge in [-0.3, -0.25) is 0 Å². The molecule has 0 aromatic heterocycles. The second-order valence-electron chi connectivity index (χ2n) is 4.79. The average molecular weight is 230 g/mol. The van der Waals surface area contributed by atoms with Crippen LogP contribution < -0.4 is 5.32 Å². The van der Waals surface area contributed by atoms with Gasteiger partial charge < -0.3 is 20.1 Å². The summed E-state index contributed by atoms with van der Waals surface area (Å²) in [5.74, 6) is 0. The van der Waals surface area contributed by atoms with E-state index >= 15 is 0 Å². The van der Waals surface area contributed by atoms with Gasteiger partial charge in [0.15, 0.2) is 0 Å². The van der Waals surface area contributed by atoms with Gasteiger partial charge in [-0.05, 0) is 26.7 Å². The molecule has 5 nitrogen and oxygen atoms in total. The molecule has 1 aliphatic heterocycles. The van der Waals surface area contributed by atoms with E-state index in [-0.39, 0.29) is 24.3 Å². The molecule has 2 N–H and O–H groups in total. The fourth-order valence-electron chi connectivity index (χ4n) is 1.76. The van der Waals surface area contributed by atoms with Crippen LogP contribution in [0.1, 0.15) is 26.7 Å². The van der Waals surface area contributed by atoms with E-state index < -0.39 is 0 Å². The van der Waals surface area contributed by atoms with Crippen molar-refractivity contribution >= 4 is 6.03 Å². The summed E-state index contributed by atoms with van der Waals surface area (Å²) in [6.45, 7) is 5.07. The summed E-state index contributed by atoms with van der Waals surface area (Å²) in [6, 6.07) is -0.132. The number of aliphatic hydroxyl groups is 1. The van der Waals surface area contributed by atoms with Crippen molar-refractivity contribution in [2.45, 2.75) is 38.3 Å². The maximum Gasteiger partial charge on any atom is 0.317 e. The molecule has 1 rings (SSSR count). The van der Waals surface area contributed by atoms with Gasteiger partial charge in [0, 0.05) is 20.2 Å². The summed E-state index contributed by atoms with van der Waals surface area (Å²) >= 11 is 0. The molecule has 1 atom stereocenters. The zero-order chi connectivity index (χ0) is 12.2. The van der Waals surface area contributed by atoms with Crippen LogP contribution in [-0.4, -0.2) is 54.5 Å². The number of amides is 2. The third-order valence-corrected chi connectivity index (χ3v) is 3.07. The summed E-state index contributed by atoms with van der Waals surface area (Å²) in [5, 5.41) is 11.9. The van der Waals surface area contributed by atoms with Crippen LogP contribution in [0.5, 0.6) is 0 Å². The fraction of sp³-hybridized carbons (Fsp3) is 0.909. The highest BCUT2D eigenvalue weighted by Crippen LogP contribution is 2.16. The van der Waals surface area contributed by atoms with Gasteiger partial charge in [-0.25, -0.2) is 4.79 Å². The Morgan fingerprint density at radius 2 is 2.31 bits per heavy atom. The molecule has 0 radical (unpaired) electrons. The van der Waals surface area contributed by atoms with Crippen LogP contribution in [0.3, 0.4) is 0 Å². The summed E-state index contributed by atoms with van der Waals surface area (Å²) in [6.07, 6.45) is 1.85. The second-order valence-corrected chi connectivity index (χ2v) is 4.79. The Morgan fingerprint density at radius 1 is 1.62 bits per heavy atom. The molecule has 16 heavy (non-hydrogen) atoms. The predicted molar refractivity (Wildman–Crippen MR) is 61.3 cm³/mol. The lowest BCUT2D eigenvalue weighted by Gasteiger charge is -2.27. The van der Waals surface area contributed by atoms with Crippen LogP contribution in [0.15, 0.2) is 0 Å². The smallest absolute Gasteiger partial charge is 0.317 e. The zero-order valence-electron chi connectivity index (χ0n) is 10.3. The van der Waals surface area contributed by atoms with E-state index in [2.05, 4.69) is 5.32 Å². The molecule has 1 saturated heterocycles. The van der Waals surface area contributed by atoms with Gasteiger partial charge in [0.1, 0.15) is 0 Å². The monoisotopic (exact) mass is 230 g/mol. The Hall–Kier alpha value is -0.810. The van der Waals surface area contributed by atoms with Crippen LogP contribution in [-0.2, 0) is 4.74 Å². The molecule has 1 heterocycles. The van der Waals surface area contributed by atoms with E-state index in [0.717, 1.165) is 19.4 Å². The van der Waals surface area contributed by atoms with Gasteiger partial charge in [0.25, 0.3) is 0 Å². The van der Waals surface area contributed by atoms with E-state index in [0.29, 0.717) is 6.54 Å². The third kappa shape index (κ3) is 3.35. The molecule has 0 aromatic rings. The number of hydrogen-bond acceptors (Lipinski definition) is 3. The highest BCUT2D eigenvalue weighted by molar-refractivity contribution is 5.74. The van der Waals surface area contributed by atoms with Gasteiger partial charge in [0.05, 0.1) is 18.2 Å². The van der Waals surface area contributed by atoms with Crippen LogP contribution in [0.2, 0.25) is 0 Å². The summed E-state index contributed by atoms with van der Waals surface area (Å²) in [4.78, 5) is 13.5. The first kappa shape index (κ1) is 13.3. The number of aliphatic hydroxyl groups excluding tert-OH is 1. The van der Waals surface area contributed by atoms with Crippen LogP contribution in [0.25, 0.3) is 0 Å². The quantitative estimate of drug-likeness (QED) is 0.742. The lowest BCUT2D eigenvalue weighted by Crippen LogP contribution is -2.48. The molecule has 0 aliphatic carbocycles. The number of urea groups is 1. The van der Waals surface area contributed by atoms with Crippen molar-refractivity contribution in [3.63, 3.8) is 0 Å². The van der Waals surface area contributed by atoms with E-state index in [1.165, 1.54) is 0 Å². The van der Waals surface area contributed by atoms with Gasteiger partial charge in [-0.2, -0.15) is 0 Å². The number of carbonyl (C=O) groups is 1. The standard InChI is InChI=1S/C11H22N2O3/c1-11(2,16-3)8-12-10(15)13-6-4-5-9(13)7-14/h9,14H,4-8H2,1-3H3,(H,12,15)/t9-/m0/s1. The first-order valence-electron chi connectivity index (χ1n) is 5.70. The predicted octanol–water partition coefficient (Wildman–Crippen LogP) is 0.578. The van der Waals surface area contributed by atoms with Crippen molar-refractivity contribution in [3.8, 4) is 0 Å². The Morgan fingerprint density at radius 3 is 2.88 bits per heavy atom. The third-order valence-electron chi connectivity index (χ3n) is 3.07. The van der Waals surface area contributed by atoms with Crippen molar-refractivity contribution in [2.75, 3.05) is 26.8 Å². The van der Waals surface area contributed by atoms with Crippen molar-refractivity contribution < 1.29 is 14.6 Å². The molecular formula is C11H22N2O3. The van der Waals surface area contributed by atoms with E-state index in [4.69, 9.17) is 9.84 Å². The van der Waals surface area contributed by atoms with Crippen LogP contribution in [0.4, 0.5) is 4.79 Å². The molecule has 0 unspecified atom stereocenters. The number of carbonyl (C=O) groups excluding carboxylic acids is 1. The molecule has 5 heteroatoms. The molecule has 1 aliphatic rings. The normalized spacial score (nSPS) is 21.2. The lowest BCUT2D eigenvalue weighted by molar-refractivity contribution is 0.0239. The molecule has 94 valence electrons. The summed E-state index contributed by atoms with van der Waals surface area (Å²) < 4.78 is 5.22. The maximum absolute atomic E-state index is 11.8. The first-order chi connectivity index (χ1) is 7.50. The molecular weight excluding hydrogens is 208 g/mol. The Bertz CT molecular complexity index is 243.